The number of carbonyl (C=O) groups is 2. The summed E-state index contributed by atoms with van der Waals surface area (Å²) in [6, 6.07) is 7.39. The Morgan fingerprint density at radius 3 is 2.82 bits per heavy atom. The van der Waals surface area contributed by atoms with Crippen LogP contribution in [-0.2, 0) is 11.3 Å². The van der Waals surface area contributed by atoms with Crippen molar-refractivity contribution in [2.75, 3.05) is 19.6 Å². The Morgan fingerprint density at radius 1 is 1.32 bits per heavy atom. The molecule has 1 atom stereocenters. The van der Waals surface area contributed by atoms with Gasteiger partial charge in [-0.05, 0) is 37.1 Å². The lowest BCUT2D eigenvalue weighted by Crippen LogP contribution is -2.31. The minimum atomic E-state index is -0.0648. The Morgan fingerprint density at radius 2 is 2.14 bits per heavy atom. The molecule has 1 aromatic carbocycles. The number of halogens is 1. The molecule has 0 spiro atoms. The van der Waals surface area contributed by atoms with E-state index >= 15 is 0 Å². The third-order valence-electron chi connectivity index (χ3n) is 3.62. The third kappa shape index (κ3) is 5.31. The number of nitrogens with one attached hydrogen (secondary N) is 3. The van der Waals surface area contributed by atoms with E-state index in [1.54, 1.807) is 6.07 Å². The first-order valence-electron chi connectivity index (χ1n) is 7.56. The summed E-state index contributed by atoms with van der Waals surface area (Å²) < 4.78 is 0. The fraction of sp³-hybridized carbons (Fsp3) is 0.500. The highest BCUT2D eigenvalue weighted by atomic mass is 35.5. The molecule has 1 aliphatic heterocycles. The maximum absolute atomic E-state index is 11.9. The molecule has 1 aromatic rings. The molecule has 22 heavy (non-hydrogen) atoms. The van der Waals surface area contributed by atoms with Gasteiger partial charge in [0.2, 0.25) is 5.91 Å². The van der Waals surface area contributed by atoms with E-state index in [0.717, 1.165) is 31.5 Å². The van der Waals surface area contributed by atoms with E-state index in [0.29, 0.717) is 18.7 Å². The maximum Gasteiger partial charge on any atom is 0.251 e. The monoisotopic (exact) mass is 325 g/mol. The van der Waals surface area contributed by atoms with Crippen LogP contribution in [0.25, 0.3) is 0 Å². The van der Waals surface area contributed by atoms with Crippen LogP contribution >= 0.6 is 12.4 Å². The van der Waals surface area contributed by atoms with Gasteiger partial charge < -0.3 is 16.0 Å². The second-order valence-corrected chi connectivity index (χ2v) is 5.36. The number of rotatable bonds is 6. The first-order valence-corrected chi connectivity index (χ1v) is 7.56. The van der Waals surface area contributed by atoms with Crippen LogP contribution in [0.4, 0.5) is 0 Å². The average Bonchev–Trinajstić information content (AvgIpc) is 3.05. The molecule has 122 valence electrons. The lowest BCUT2D eigenvalue weighted by Gasteiger charge is -2.11. The fourth-order valence-corrected chi connectivity index (χ4v) is 2.38. The van der Waals surface area contributed by atoms with Gasteiger partial charge in [0.15, 0.2) is 0 Å². The summed E-state index contributed by atoms with van der Waals surface area (Å²) in [4.78, 5) is 23.8. The predicted octanol–water partition coefficient (Wildman–Crippen LogP) is 1.47. The van der Waals surface area contributed by atoms with Gasteiger partial charge in [0, 0.05) is 25.2 Å². The standard InChI is InChI=1S/C16H23N3O2.ClH/c1-2-7-18-15(20)13-5-3-4-12(9-13)10-19-16(21)14-6-8-17-11-14;/h3-5,9,14,17H,2,6-8,10-11H2,1H3,(H,18,20)(H,19,21);1H. The largest absolute Gasteiger partial charge is 0.352 e. The predicted molar refractivity (Wildman–Crippen MR) is 89.1 cm³/mol. The zero-order valence-electron chi connectivity index (χ0n) is 12.9. The minimum Gasteiger partial charge on any atom is -0.352 e. The number of hydrogen-bond donors (Lipinski definition) is 3. The smallest absolute Gasteiger partial charge is 0.251 e. The summed E-state index contributed by atoms with van der Waals surface area (Å²) in [5, 5.41) is 8.97. The molecule has 0 aromatic heterocycles. The van der Waals surface area contributed by atoms with Crippen LogP contribution in [0.15, 0.2) is 24.3 Å². The van der Waals surface area contributed by atoms with E-state index in [1.165, 1.54) is 0 Å². The Labute approximate surface area is 137 Å². The van der Waals surface area contributed by atoms with Gasteiger partial charge in [0.05, 0.1) is 5.92 Å². The van der Waals surface area contributed by atoms with E-state index in [1.807, 2.05) is 25.1 Å². The SMILES string of the molecule is CCCNC(=O)c1cccc(CNC(=O)C2CCNC2)c1.Cl. The Hall–Kier alpha value is -1.59. The molecule has 6 heteroatoms. The second kappa shape index (κ2) is 9.43. The van der Waals surface area contributed by atoms with E-state index < -0.39 is 0 Å². The van der Waals surface area contributed by atoms with Gasteiger partial charge in [-0.2, -0.15) is 0 Å². The molecule has 0 aliphatic carbocycles. The second-order valence-electron chi connectivity index (χ2n) is 5.36. The van der Waals surface area contributed by atoms with Crippen LogP contribution in [-0.4, -0.2) is 31.4 Å². The van der Waals surface area contributed by atoms with Crippen molar-refractivity contribution in [3.8, 4) is 0 Å². The number of amides is 2. The maximum atomic E-state index is 11.9. The summed E-state index contributed by atoms with van der Waals surface area (Å²) in [6.45, 7) is 4.82. The van der Waals surface area contributed by atoms with Gasteiger partial charge in [-0.3, -0.25) is 9.59 Å². The van der Waals surface area contributed by atoms with Crippen LogP contribution in [0.2, 0.25) is 0 Å². The summed E-state index contributed by atoms with van der Waals surface area (Å²) in [7, 11) is 0. The quantitative estimate of drug-likeness (QED) is 0.742. The molecule has 1 aliphatic rings. The van der Waals surface area contributed by atoms with E-state index in [2.05, 4.69) is 16.0 Å². The van der Waals surface area contributed by atoms with Crippen molar-refractivity contribution in [2.45, 2.75) is 26.3 Å². The van der Waals surface area contributed by atoms with Crippen LogP contribution in [0.5, 0.6) is 0 Å². The van der Waals surface area contributed by atoms with Crippen LogP contribution in [0, 0.1) is 5.92 Å². The molecule has 1 unspecified atom stereocenters. The molecule has 2 amide bonds. The fourth-order valence-electron chi connectivity index (χ4n) is 2.38. The van der Waals surface area contributed by atoms with Gasteiger partial charge in [-0.1, -0.05) is 19.1 Å². The molecule has 2 rings (SSSR count). The first kappa shape index (κ1) is 18.5. The molecule has 1 fully saturated rings. The van der Waals surface area contributed by atoms with Crippen molar-refractivity contribution in [2.24, 2.45) is 5.92 Å². The topological polar surface area (TPSA) is 70.2 Å². The van der Waals surface area contributed by atoms with E-state index in [-0.39, 0.29) is 30.1 Å². The van der Waals surface area contributed by atoms with Crippen LogP contribution < -0.4 is 16.0 Å². The molecule has 0 bridgehead atoms. The highest BCUT2D eigenvalue weighted by Crippen LogP contribution is 2.09. The molecule has 5 nitrogen and oxygen atoms in total. The number of benzene rings is 1. The van der Waals surface area contributed by atoms with E-state index in [9.17, 15) is 9.59 Å². The van der Waals surface area contributed by atoms with Crippen molar-refractivity contribution in [1.82, 2.24) is 16.0 Å². The molecule has 3 N–H and O–H groups in total. The lowest BCUT2D eigenvalue weighted by molar-refractivity contribution is -0.124. The van der Waals surface area contributed by atoms with E-state index in [4.69, 9.17) is 0 Å². The number of carbonyl (C=O) groups excluding carboxylic acids is 2. The molecule has 1 saturated heterocycles. The van der Waals surface area contributed by atoms with Crippen molar-refractivity contribution in [1.29, 1.82) is 0 Å². The van der Waals surface area contributed by atoms with Gasteiger partial charge in [-0.15, -0.1) is 12.4 Å². The molecule has 0 radical (unpaired) electrons. The lowest BCUT2D eigenvalue weighted by atomic mass is 10.1. The van der Waals surface area contributed by atoms with Crippen LogP contribution in [0.3, 0.4) is 0 Å². The third-order valence-corrected chi connectivity index (χ3v) is 3.62. The molecule has 1 heterocycles. The molecular weight excluding hydrogens is 302 g/mol. The van der Waals surface area contributed by atoms with Crippen molar-refractivity contribution < 1.29 is 9.59 Å². The zero-order chi connectivity index (χ0) is 15.1. The Balaban J connectivity index is 0.00000242. The summed E-state index contributed by atoms with van der Waals surface area (Å²) in [5.41, 5.74) is 1.58. The average molecular weight is 326 g/mol. The highest BCUT2D eigenvalue weighted by Gasteiger charge is 2.21. The Bertz CT molecular complexity index is 502. The highest BCUT2D eigenvalue weighted by molar-refractivity contribution is 5.94. The van der Waals surface area contributed by atoms with Gasteiger partial charge in [0.25, 0.3) is 5.91 Å². The van der Waals surface area contributed by atoms with Crippen molar-refractivity contribution >= 4 is 24.2 Å². The summed E-state index contributed by atoms with van der Waals surface area (Å²) >= 11 is 0. The number of hydrogen-bond acceptors (Lipinski definition) is 3. The zero-order valence-corrected chi connectivity index (χ0v) is 13.7. The van der Waals surface area contributed by atoms with Crippen LogP contribution in [0.1, 0.15) is 35.7 Å². The van der Waals surface area contributed by atoms with Gasteiger partial charge >= 0.3 is 0 Å². The first-order chi connectivity index (χ1) is 10.2. The normalized spacial score (nSPS) is 16.7. The minimum absolute atomic E-state index is 0. The molecular formula is C16H24ClN3O2. The van der Waals surface area contributed by atoms with Gasteiger partial charge in [-0.25, -0.2) is 0 Å². The van der Waals surface area contributed by atoms with Crippen molar-refractivity contribution in [3.63, 3.8) is 0 Å². The van der Waals surface area contributed by atoms with Gasteiger partial charge in [0.1, 0.15) is 0 Å². The molecule has 0 saturated carbocycles. The summed E-state index contributed by atoms with van der Waals surface area (Å²) in [5.74, 6) is 0.0897. The van der Waals surface area contributed by atoms with Crippen molar-refractivity contribution in [3.05, 3.63) is 35.4 Å². The summed E-state index contributed by atoms with van der Waals surface area (Å²) in [6.07, 6.45) is 1.81. The Kier molecular flexibility index (Phi) is 7.91.